The van der Waals surface area contributed by atoms with Crippen LogP contribution in [-0.4, -0.2) is 19.9 Å². The molecule has 0 saturated carbocycles. The predicted octanol–water partition coefficient (Wildman–Crippen LogP) is 11.2. The Labute approximate surface area is 283 Å². The number of nitrogens with zero attached hydrogens (tertiary/aromatic N) is 4. The van der Waals surface area contributed by atoms with Crippen molar-refractivity contribution in [3.63, 3.8) is 0 Å². The Hall–Kier alpha value is -6.72. The number of pyridine rings is 2. The van der Waals surface area contributed by atoms with Gasteiger partial charge < -0.3 is 4.42 Å². The van der Waals surface area contributed by atoms with Gasteiger partial charge in [0.05, 0.1) is 11.4 Å². The van der Waals surface area contributed by atoms with E-state index < -0.39 is 0 Å². The molecule has 9 aromatic rings. The van der Waals surface area contributed by atoms with Crippen molar-refractivity contribution in [3.05, 3.63) is 170 Å². The topological polar surface area (TPSA) is 64.7 Å². The molecule has 9 rings (SSSR count). The molecule has 0 atom stereocenters. The van der Waals surface area contributed by atoms with E-state index in [4.69, 9.17) is 14.4 Å². The first-order chi connectivity index (χ1) is 24.2. The molecule has 0 N–H and O–H groups in total. The number of fused-ring (bicyclic) bond motifs is 3. The lowest BCUT2D eigenvalue weighted by Crippen LogP contribution is -1.96. The summed E-state index contributed by atoms with van der Waals surface area (Å²) in [7, 11) is 0. The van der Waals surface area contributed by atoms with E-state index >= 15 is 0 Å². The van der Waals surface area contributed by atoms with E-state index in [2.05, 4.69) is 94.9 Å². The molecule has 0 aliphatic carbocycles. The van der Waals surface area contributed by atoms with Gasteiger partial charge in [0.1, 0.15) is 11.2 Å². The molecule has 0 aliphatic heterocycles. The van der Waals surface area contributed by atoms with Crippen molar-refractivity contribution in [2.24, 2.45) is 0 Å². The maximum Gasteiger partial charge on any atom is 0.160 e. The van der Waals surface area contributed by atoms with Crippen molar-refractivity contribution in [3.8, 4) is 67.3 Å². The van der Waals surface area contributed by atoms with Gasteiger partial charge in [-0.1, -0.05) is 91.0 Å². The van der Waals surface area contributed by atoms with Crippen molar-refractivity contribution in [1.29, 1.82) is 0 Å². The highest BCUT2D eigenvalue weighted by molar-refractivity contribution is 6.05. The lowest BCUT2D eigenvalue weighted by molar-refractivity contribution is 0.669. The van der Waals surface area contributed by atoms with E-state index in [-0.39, 0.29) is 0 Å². The summed E-state index contributed by atoms with van der Waals surface area (Å²) in [4.78, 5) is 19.0. The van der Waals surface area contributed by atoms with E-state index in [1.165, 1.54) is 0 Å². The van der Waals surface area contributed by atoms with Crippen LogP contribution in [0.5, 0.6) is 0 Å². The van der Waals surface area contributed by atoms with Crippen LogP contribution in [0.3, 0.4) is 0 Å². The monoisotopic (exact) mass is 628 g/mol. The smallest absolute Gasteiger partial charge is 0.160 e. The maximum absolute atomic E-state index is 6.26. The third-order valence-electron chi connectivity index (χ3n) is 8.87. The lowest BCUT2D eigenvalue weighted by atomic mass is 9.94. The minimum absolute atomic E-state index is 0.659. The van der Waals surface area contributed by atoms with Crippen molar-refractivity contribution < 1.29 is 4.42 Å². The fraction of sp³-hybridized carbons (Fsp3) is 0. The van der Waals surface area contributed by atoms with Crippen LogP contribution in [0, 0.1) is 0 Å². The molecular weight excluding hydrogens is 601 g/mol. The molecule has 5 aromatic carbocycles. The Bertz CT molecular complexity index is 2580. The Morgan fingerprint density at radius 2 is 0.898 bits per heavy atom. The fourth-order valence-electron chi connectivity index (χ4n) is 6.38. The fourth-order valence-corrected chi connectivity index (χ4v) is 6.38. The van der Waals surface area contributed by atoms with E-state index in [9.17, 15) is 0 Å². The van der Waals surface area contributed by atoms with Crippen LogP contribution in [-0.2, 0) is 0 Å². The molecule has 0 radical (unpaired) electrons. The zero-order valence-corrected chi connectivity index (χ0v) is 26.4. The first-order valence-electron chi connectivity index (χ1n) is 16.2. The number of para-hydroxylation sites is 1. The Morgan fingerprint density at radius 3 is 1.61 bits per heavy atom. The molecule has 0 amide bonds. The number of furan rings is 1. The van der Waals surface area contributed by atoms with E-state index in [0.29, 0.717) is 5.82 Å². The van der Waals surface area contributed by atoms with Crippen molar-refractivity contribution in [1.82, 2.24) is 19.9 Å². The summed E-state index contributed by atoms with van der Waals surface area (Å²) in [6.45, 7) is 0. The van der Waals surface area contributed by atoms with Crippen LogP contribution in [0.2, 0.25) is 0 Å². The number of hydrogen-bond donors (Lipinski definition) is 0. The van der Waals surface area contributed by atoms with E-state index in [0.717, 1.165) is 83.4 Å². The van der Waals surface area contributed by atoms with Gasteiger partial charge in [-0.3, -0.25) is 9.97 Å². The quantitative estimate of drug-likeness (QED) is 0.183. The molecule has 0 bridgehead atoms. The average molecular weight is 629 g/mol. The summed E-state index contributed by atoms with van der Waals surface area (Å²) in [5.41, 5.74) is 12.7. The largest absolute Gasteiger partial charge is 0.456 e. The van der Waals surface area contributed by atoms with Gasteiger partial charge in [-0.05, 0) is 82.4 Å². The first-order valence-corrected chi connectivity index (χ1v) is 16.2. The molecule has 0 unspecified atom stereocenters. The molecular formula is C44H28N4O. The Kier molecular flexibility index (Phi) is 7.06. The molecule has 4 heterocycles. The average Bonchev–Trinajstić information content (AvgIpc) is 3.57. The van der Waals surface area contributed by atoms with Gasteiger partial charge in [-0.2, -0.15) is 0 Å². The number of benzene rings is 5. The standard InChI is InChI=1S/C44H28N4O/c1-2-8-31(9-3-1)44-47-40(32-18-19-39-38-12-4-5-13-42(38)49-43(39)25-32)26-41(48-44)37-23-35(22-36(24-37)34-11-7-21-46-28-34)30-16-14-29(15-17-30)33-10-6-20-45-27-33/h1-28H. The lowest BCUT2D eigenvalue weighted by Gasteiger charge is -2.13. The van der Waals surface area contributed by atoms with Crippen molar-refractivity contribution in [2.45, 2.75) is 0 Å². The van der Waals surface area contributed by atoms with Crippen molar-refractivity contribution in [2.75, 3.05) is 0 Å². The molecule has 0 aliphatic rings. The number of hydrogen-bond acceptors (Lipinski definition) is 5. The summed E-state index contributed by atoms with van der Waals surface area (Å²) in [6, 6.07) is 50.0. The van der Waals surface area contributed by atoms with Crippen LogP contribution in [0.25, 0.3) is 89.2 Å². The summed E-state index contributed by atoms with van der Waals surface area (Å²) >= 11 is 0. The summed E-state index contributed by atoms with van der Waals surface area (Å²) < 4.78 is 6.26. The van der Waals surface area contributed by atoms with Gasteiger partial charge >= 0.3 is 0 Å². The number of rotatable bonds is 6. The molecule has 49 heavy (non-hydrogen) atoms. The maximum atomic E-state index is 6.26. The highest BCUT2D eigenvalue weighted by Crippen LogP contribution is 2.36. The van der Waals surface area contributed by atoms with Crippen LogP contribution in [0.1, 0.15) is 0 Å². The van der Waals surface area contributed by atoms with Crippen LogP contribution in [0.15, 0.2) is 175 Å². The zero-order chi connectivity index (χ0) is 32.6. The van der Waals surface area contributed by atoms with Gasteiger partial charge in [0.15, 0.2) is 5.82 Å². The van der Waals surface area contributed by atoms with E-state index in [1.54, 1.807) is 12.4 Å². The summed E-state index contributed by atoms with van der Waals surface area (Å²) in [5, 5.41) is 2.19. The minimum Gasteiger partial charge on any atom is -0.456 e. The molecule has 5 heteroatoms. The predicted molar refractivity (Wildman–Crippen MR) is 198 cm³/mol. The second-order valence-corrected chi connectivity index (χ2v) is 12.0. The highest BCUT2D eigenvalue weighted by Gasteiger charge is 2.15. The first kappa shape index (κ1) is 28.5. The normalized spacial score (nSPS) is 11.3. The van der Waals surface area contributed by atoms with Gasteiger partial charge in [-0.15, -0.1) is 0 Å². The molecule has 4 aromatic heterocycles. The van der Waals surface area contributed by atoms with Gasteiger partial charge in [0, 0.05) is 57.8 Å². The van der Waals surface area contributed by atoms with Crippen LogP contribution >= 0.6 is 0 Å². The van der Waals surface area contributed by atoms with Gasteiger partial charge in [-0.25, -0.2) is 9.97 Å². The number of aromatic nitrogens is 4. The van der Waals surface area contributed by atoms with Gasteiger partial charge in [0.25, 0.3) is 0 Å². The van der Waals surface area contributed by atoms with Gasteiger partial charge in [0.2, 0.25) is 0 Å². The molecule has 230 valence electrons. The minimum atomic E-state index is 0.659. The Balaban J connectivity index is 1.21. The van der Waals surface area contributed by atoms with Crippen LogP contribution in [0.4, 0.5) is 0 Å². The molecule has 0 spiro atoms. The summed E-state index contributed by atoms with van der Waals surface area (Å²) in [6.07, 6.45) is 7.38. The second-order valence-electron chi connectivity index (χ2n) is 12.0. The third kappa shape index (κ3) is 5.53. The molecule has 0 fully saturated rings. The SMILES string of the molecule is c1ccc(-c2nc(-c3cc(-c4ccc(-c5cccnc5)cc4)cc(-c4cccnc4)c3)cc(-c3ccc4c(c3)oc3ccccc34)n2)cc1. The second kappa shape index (κ2) is 12.1. The third-order valence-corrected chi connectivity index (χ3v) is 8.87. The molecule has 5 nitrogen and oxygen atoms in total. The summed E-state index contributed by atoms with van der Waals surface area (Å²) in [5.74, 6) is 0.659. The highest BCUT2D eigenvalue weighted by atomic mass is 16.3. The Morgan fingerprint density at radius 1 is 0.347 bits per heavy atom. The molecule has 0 saturated heterocycles. The zero-order valence-electron chi connectivity index (χ0n) is 26.4. The van der Waals surface area contributed by atoms with Crippen LogP contribution < -0.4 is 0 Å². The van der Waals surface area contributed by atoms with Crippen molar-refractivity contribution >= 4 is 21.9 Å². The van der Waals surface area contributed by atoms with E-state index in [1.807, 2.05) is 73.1 Å².